The molecule has 0 unspecified atom stereocenters. The molecule has 1 aromatic heterocycles. The minimum Gasteiger partial charge on any atom is -0.451 e. The Morgan fingerprint density at radius 1 is 0.800 bits per heavy atom. The molecule has 3 saturated heterocycles. The number of benzene rings is 3. The Hall–Kier alpha value is -4.01. The number of nitrogens with one attached hydrogen (secondary N) is 1. The summed E-state index contributed by atoms with van der Waals surface area (Å²) in [6, 6.07) is 23.2. The van der Waals surface area contributed by atoms with Crippen molar-refractivity contribution in [1.29, 1.82) is 0 Å². The first-order chi connectivity index (χ1) is 21.2. The third-order valence-electron chi connectivity index (χ3n) is 7.67. The molecule has 5 N–H and O–H groups in total. The molecule has 45 heavy (non-hydrogen) atoms. The van der Waals surface area contributed by atoms with Crippen molar-refractivity contribution in [3.05, 3.63) is 102 Å². The number of nitrogens with zero attached hydrogens (tertiary/aromatic N) is 1. The predicted molar refractivity (Wildman–Crippen MR) is 171 cm³/mol. The molecule has 0 radical (unpaired) electrons. The molecule has 1 atom stereocenters. The number of anilines is 1. The van der Waals surface area contributed by atoms with E-state index in [1.807, 2.05) is 38.1 Å². The van der Waals surface area contributed by atoms with Crippen LogP contribution in [0.4, 0.5) is 5.69 Å². The number of carbonyl (C=O) groups is 1. The number of rotatable bonds is 5. The summed E-state index contributed by atoms with van der Waals surface area (Å²) in [5.41, 5.74) is 9.33. The Labute approximate surface area is 263 Å². The van der Waals surface area contributed by atoms with Gasteiger partial charge in [0.15, 0.2) is 5.76 Å². The highest BCUT2D eigenvalue weighted by Gasteiger charge is 2.35. The third-order valence-corrected chi connectivity index (χ3v) is 9.40. The van der Waals surface area contributed by atoms with Crippen LogP contribution in [0.1, 0.15) is 34.5 Å². The number of furan rings is 1. The standard InChI is InChI=1S/C18H21N3O2.2C7H8O3S/c19-14-4-2-1-3-13(14)16-5-6-17(23-16)18(22)20-15-11-21-9-7-12(15)8-10-21;2*1-6-2-4-7(5-3-6)11(8,9)10/h1-6,12,15H,7-11,19H2,(H,20,22);2*2-5H,1H3,(H,8,9,10)/t15-;;/m0../s1. The van der Waals surface area contributed by atoms with Crippen molar-refractivity contribution in [2.24, 2.45) is 5.92 Å². The number of piperidine rings is 3. The van der Waals surface area contributed by atoms with Crippen LogP contribution in [0.2, 0.25) is 0 Å². The highest BCUT2D eigenvalue weighted by molar-refractivity contribution is 7.86. The fraction of sp³-hybridized carbons (Fsp3) is 0.281. The largest absolute Gasteiger partial charge is 0.451 e. The minimum atomic E-state index is -4.02. The van der Waals surface area contributed by atoms with E-state index in [4.69, 9.17) is 19.3 Å². The molecule has 4 aromatic rings. The molecule has 1 amide bonds. The van der Waals surface area contributed by atoms with E-state index < -0.39 is 20.2 Å². The zero-order valence-electron chi connectivity index (χ0n) is 25.0. The fourth-order valence-corrected chi connectivity index (χ4v) is 6.07. The summed E-state index contributed by atoms with van der Waals surface area (Å²) in [5, 5.41) is 3.14. The molecule has 240 valence electrons. The summed E-state index contributed by atoms with van der Waals surface area (Å²) < 4.78 is 64.8. The molecule has 3 aliphatic rings. The molecule has 11 nitrogen and oxygen atoms in total. The molecule has 4 heterocycles. The molecule has 3 aromatic carbocycles. The van der Waals surface area contributed by atoms with Gasteiger partial charge in [0, 0.05) is 23.8 Å². The number of para-hydroxylation sites is 1. The number of nitrogens with two attached hydrogens (primary N) is 1. The maximum Gasteiger partial charge on any atom is 0.294 e. The van der Waals surface area contributed by atoms with Gasteiger partial charge in [-0.3, -0.25) is 13.9 Å². The lowest BCUT2D eigenvalue weighted by molar-refractivity contribution is 0.0606. The number of aryl methyl sites for hydroxylation is 2. The first-order valence-corrected chi connectivity index (χ1v) is 17.1. The van der Waals surface area contributed by atoms with E-state index in [1.165, 1.54) is 37.1 Å². The fourth-order valence-electron chi connectivity index (χ4n) is 5.11. The Bertz CT molecular complexity index is 1740. The van der Waals surface area contributed by atoms with Crippen molar-refractivity contribution in [1.82, 2.24) is 10.2 Å². The lowest BCUT2D eigenvalue weighted by atomic mass is 9.84. The van der Waals surface area contributed by atoms with Gasteiger partial charge >= 0.3 is 0 Å². The van der Waals surface area contributed by atoms with E-state index in [-0.39, 0.29) is 21.7 Å². The lowest BCUT2D eigenvalue weighted by Crippen LogP contribution is -2.57. The maximum absolute atomic E-state index is 12.5. The van der Waals surface area contributed by atoms with Crippen LogP contribution in [-0.2, 0) is 20.2 Å². The molecule has 3 aliphatic heterocycles. The zero-order chi connectivity index (χ0) is 32.8. The van der Waals surface area contributed by atoms with Crippen LogP contribution >= 0.6 is 0 Å². The Morgan fingerprint density at radius 2 is 1.31 bits per heavy atom. The second-order valence-electron chi connectivity index (χ2n) is 11.0. The van der Waals surface area contributed by atoms with Crippen LogP contribution in [0.5, 0.6) is 0 Å². The molecule has 2 bridgehead atoms. The SMILES string of the molecule is Cc1ccc(S(=O)(=O)O)cc1.Cc1ccc(S(=O)(=O)O)cc1.Nc1ccccc1-c1ccc(C(=O)N[C@H]2CN3CCC2CC3)o1. The van der Waals surface area contributed by atoms with Gasteiger partial charge in [0.1, 0.15) is 5.76 Å². The van der Waals surface area contributed by atoms with Gasteiger partial charge in [-0.25, -0.2) is 0 Å². The second kappa shape index (κ2) is 14.4. The van der Waals surface area contributed by atoms with Crippen LogP contribution in [0, 0.1) is 19.8 Å². The van der Waals surface area contributed by atoms with Crippen LogP contribution in [0.25, 0.3) is 11.3 Å². The van der Waals surface area contributed by atoms with Gasteiger partial charge in [0.25, 0.3) is 26.1 Å². The minimum absolute atomic E-state index is 0.0666. The third kappa shape index (κ3) is 9.49. The van der Waals surface area contributed by atoms with E-state index in [0.29, 0.717) is 23.1 Å². The molecule has 0 spiro atoms. The highest BCUT2D eigenvalue weighted by Crippen LogP contribution is 2.29. The van der Waals surface area contributed by atoms with Gasteiger partial charge in [-0.05, 0) is 94.2 Å². The van der Waals surface area contributed by atoms with Crippen LogP contribution in [0.3, 0.4) is 0 Å². The molecular formula is C32H37N3O8S2. The van der Waals surface area contributed by atoms with Crippen molar-refractivity contribution >= 4 is 31.8 Å². The summed E-state index contributed by atoms with van der Waals surface area (Å²) in [4.78, 5) is 14.8. The summed E-state index contributed by atoms with van der Waals surface area (Å²) in [5.74, 6) is 1.44. The quantitative estimate of drug-likeness (QED) is 0.172. The van der Waals surface area contributed by atoms with E-state index in [2.05, 4.69) is 10.2 Å². The summed E-state index contributed by atoms with van der Waals surface area (Å²) in [7, 11) is -8.04. The van der Waals surface area contributed by atoms with Gasteiger partial charge in [0.05, 0.1) is 9.79 Å². The Kier molecular flexibility index (Phi) is 10.8. The molecule has 13 heteroatoms. The number of amides is 1. The van der Waals surface area contributed by atoms with E-state index in [1.54, 1.807) is 36.4 Å². The number of nitrogen functional groups attached to an aromatic ring is 1. The highest BCUT2D eigenvalue weighted by atomic mass is 32.2. The Balaban J connectivity index is 0.000000176. The second-order valence-corrected chi connectivity index (χ2v) is 13.9. The maximum atomic E-state index is 12.5. The van der Waals surface area contributed by atoms with Crippen LogP contribution < -0.4 is 11.1 Å². The van der Waals surface area contributed by atoms with Gasteiger partial charge in [-0.2, -0.15) is 16.8 Å². The molecule has 0 aliphatic carbocycles. The summed E-state index contributed by atoms with van der Waals surface area (Å²) >= 11 is 0. The molecule has 7 rings (SSSR count). The van der Waals surface area contributed by atoms with Gasteiger partial charge in [0.2, 0.25) is 0 Å². The average molecular weight is 656 g/mol. The average Bonchev–Trinajstić information content (AvgIpc) is 3.49. The smallest absolute Gasteiger partial charge is 0.294 e. The van der Waals surface area contributed by atoms with Crippen molar-refractivity contribution in [3.8, 4) is 11.3 Å². The van der Waals surface area contributed by atoms with E-state index >= 15 is 0 Å². The van der Waals surface area contributed by atoms with Crippen molar-refractivity contribution < 1.29 is 35.2 Å². The van der Waals surface area contributed by atoms with Gasteiger partial charge < -0.3 is 20.4 Å². The topological polar surface area (TPSA) is 180 Å². The predicted octanol–water partition coefficient (Wildman–Crippen LogP) is 4.84. The van der Waals surface area contributed by atoms with Crippen LogP contribution in [0.15, 0.2) is 99.1 Å². The molecular weight excluding hydrogens is 618 g/mol. The van der Waals surface area contributed by atoms with Gasteiger partial charge in [-0.1, -0.05) is 47.5 Å². The number of hydrogen-bond donors (Lipinski definition) is 4. The van der Waals surface area contributed by atoms with Crippen molar-refractivity contribution in [2.45, 2.75) is 42.5 Å². The summed E-state index contributed by atoms with van der Waals surface area (Å²) in [6.45, 7) is 6.96. The number of hydrogen-bond acceptors (Lipinski definition) is 8. The summed E-state index contributed by atoms with van der Waals surface area (Å²) in [6.07, 6.45) is 2.35. The van der Waals surface area contributed by atoms with E-state index in [9.17, 15) is 21.6 Å². The molecule has 3 fully saturated rings. The monoisotopic (exact) mass is 655 g/mol. The first-order valence-electron chi connectivity index (χ1n) is 14.3. The Morgan fingerprint density at radius 3 is 1.76 bits per heavy atom. The lowest BCUT2D eigenvalue weighted by Gasteiger charge is -2.44. The van der Waals surface area contributed by atoms with Crippen molar-refractivity contribution in [3.63, 3.8) is 0 Å². The van der Waals surface area contributed by atoms with Gasteiger partial charge in [-0.15, -0.1) is 0 Å². The van der Waals surface area contributed by atoms with Crippen LogP contribution in [-0.4, -0.2) is 62.4 Å². The normalized spacial score (nSPS) is 19.0. The van der Waals surface area contributed by atoms with E-state index in [0.717, 1.165) is 36.3 Å². The molecule has 0 saturated carbocycles. The number of fused-ring (bicyclic) bond motifs is 3. The van der Waals surface area contributed by atoms with Crippen molar-refractivity contribution in [2.75, 3.05) is 25.4 Å². The first kappa shape index (κ1) is 33.9. The zero-order valence-corrected chi connectivity index (χ0v) is 26.6. The number of carbonyl (C=O) groups excluding carboxylic acids is 1.